The smallest absolute Gasteiger partial charge is 0.419 e. The highest BCUT2D eigenvalue weighted by atomic mass is 35.5. The third-order valence-corrected chi connectivity index (χ3v) is 4.02. The molecule has 108 valence electrons. The van der Waals surface area contributed by atoms with Gasteiger partial charge in [0.15, 0.2) is 0 Å². The summed E-state index contributed by atoms with van der Waals surface area (Å²) in [5, 5.41) is 0. The van der Waals surface area contributed by atoms with E-state index < -0.39 is 11.7 Å². The first kappa shape index (κ1) is 15.5. The highest BCUT2D eigenvalue weighted by Crippen LogP contribution is 2.37. The first-order chi connectivity index (χ1) is 9.40. The topological polar surface area (TPSA) is 9.23 Å². The normalized spacial score (nSPS) is 11.7. The van der Waals surface area contributed by atoms with E-state index in [1.54, 1.807) is 12.1 Å². The van der Waals surface area contributed by atoms with Crippen LogP contribution in [0.2, 0.25) is 4.34 Å². The lowest BCUT2D eigenvalue weighted by atomic mass is 10.1. The second-order valence-corrected chi connectivity index (χ2v) is 6.02. The summed E-state index contributed by atoms with van der Waals surface area (Å²) in [5.74, 6) is -0.194. The summed E-state index contributed by atoms with van der Waals surface area (Å²) in [5.41, 5.74) is -0.427. The minimum absolute atomic E-state index is 0.0178. The molecule has 20 heavy (non-hydrogen) atoms. The zero-order chi connectivity index (χ0) is 14.8. The van der Waals surface area contributed by atoms with Gasteiger partial charge in [0.2, 0.25) is 0 Å². The molecule has 2 rings (SSSR count). The molecule has 0 saturated heterocycles. The fourth-order valence-corrected chi connectivity index (χ4v) is 2.75. The van der Waals surface area contributed by atoms with Crippen molar-refractivity contribution in [3.05, 3.63) is 50.7 Å². The third-order valence-electron chi connectivity index (χ3n) is 2.50. The predicted molar refractivity (Wildman–Crippen MR) is 74.7 cm³/mol. The lowest BCUT2D eigenvalue weighted by molar-refractivity contribution is -0.139. The molecule has 0 unspecified atom stereocenters. The molecular formula is C13H9Cl2F3OS. The maximum atomic E-state index is 13.0. The van der Waals surface area contributed by atoms with E-state index in [4.69, 9.17) is 27.9 Å². The number of benzene rings is 1. The summed E-state index contributed by atoms with van der Waals surface area (Å²) in [7, 11) is 0. The van der Waals surface area contributed by atoms with Gasteiger partial charge in [0, 0.05) is 10.8 Å². The van der Waals surface area contributed by atoms with Crippen LogP contribution in [0.5, 0.6) is 5.75 Å². The molecule has 1 heterocycles. The van der Waals surface area contributed by atoms with Gasteiger partial charge in [-0.3, -0.25) is 0 Å². The average Bonchev–Trinajstić information content (AvgIpc) is 2.81. The Morgan fingerprint density at radius 1 is 1.15 bits per heavy atom. The van der Waals surface area contributed by atoms with E-state index in [1.807, 2.05) is 0 Å². The summed E-state index contributed by atoms with van der Waals surface area (Å²) in [6.45, 7) is 0.0423. The molecule has 1 nitrogen and oxygen atoms in total. The molecular weight excluding hydrogens is 332 g/mol. The fourth-order valence-electron chi connectivity index (χ4n) is 1.59. The average molecular weight is 341 g/mol. The van der Waals surface area contributed by atoms with Gasteiger partial charge in [-0.25, -0.2) is 0 Å². The predicted octanol–water partition coefficient (Wildman–Crippen LogP) is 5.74. The van der Waals surface area contributed by atoms with E-state index in [-0.39, 0.29) is 18.2 Å². The molecule has 2 aromatic rings. The van der Waals surface area contributed by atoms with Crippen LogP contribution in [0.1, 0.15) is 16.0 Å². The van der Waals surface area contributed by atoms with Gasteiger partial charge in [-0.1, -0.05) is 17.7 Å². The van der Waals surface area contributed by atoms with Gasteiger partial charge in [0.1, 0.15) is 12.4 Å². The van der Waals surface area contributed by atoms with Crippen LogP contribution >= 0.6 is 34.5 Å². The molecule has 0 atom stereocenters. The minimum atomic E-state index is -4.48. The van der Waals surface area contributed by atoms with Gasteiger partial charge in [-0.2, -0.15) is 13.2 Å². The Kier molecular flexibility index (Phi) is 4.83. The molecule has 0 bridgehead atoms. The highest BCUT2D eigenvalue weighted by Gasteiger charge is 2.34. The van der Waals surface area contributed by atoms with E-state index >= 15 is 0 Å². The molecule has 1 aromatic heterocycles. The Hall–Kier alpha value is -0.910. The van der Waals surface area contributed by atoms with Crippen LogP contribution in [0.15, 0.2) is 30.3 Å². The number of alkyl halides is 4. The Balaban J connectivity index is 2.22. The summed E-state index contributed by atoms with van der Waals surface area (Å²) >= 11 is 12.6. The van der Waals surface area contributed by atoms with Crippen molar-refractivity contribution in [3.8, 4) is 5.75 Å². The van der Waals surface area contributed by atoms with Crippen LogP contribution in [0.4, 0.5) is 13.2 Å². The first-order valence-electron chi connectivity index (χ1n) is 5.53. The van der Waals surface area contributed by atoms with Gasteiger partial charge < -0.3 is 4.74 Å². The van der Waals surface area contributed by atoms with Gasteiger partial charge in [-0.15, -0.1) is 22.9 Å². The summed E-state index contributed by atoms with van der Waals surface area (Å²) in [6.07, 6.45) is -4.48. The van der Waals surface area contributed by atoms with E-state index in [9.17, 15) is 13.2 Å². The number of hydrogen-bond donors (Lipinski definition) is 0. The molecule has 0 amide bonds. The molecule has 0 aliphatic carbocycles. The first-order valence-corrected chi connectivity index (χ1v) is 7.26. The monoisotopic (exact) mass is 340 g/mol. The van der Waals surface area contributed by atoms with Crippen molar-refractivity contribution < 1.29 is 17.9 Å². The molecule has 0 saturated carbocycles. The minimum Gasteiger partial charge on any atom is -0.487 e. The van der Waals surface area contributed by atoms with Crippen molar-refractivity contribution >= 4 is 34.5 Å². The number of hydrogen-bond acceptors (Lipinski definition) is 2. The Labute approximate surface area is 127 Å². The molecule has 0 aliphatic heterocycles. The van der Waals surface area contributed by atoms with Gasteiger partial charge in [0.05, 0.1) is 9.90 Å². The molecule has 0 radical (unpaired) electrons. The Morgan fingerprint density at radius 2 is 1.90 bits per heavy atom. The number of halogens is 5. The quantitative estimate of drug-likeness (QED) is 0.645. The highest BCUT2D eigenvalue weighted by molar-refractivity contribution is 7.16. The molecule has 7 heteroatoms. The van der Waals surface area contributed by atoms with E-state index in [2.05, 4.69) is 0 Å². The number of rotatable bonds is 4. The maximum Gasteiger partial charge on any atom is 0.419 e. The fraction of sp³-hybridized carbons (Fsp3) is 0.231. The SMILES string of the molecule is FC(F)(F)c1cc(CCl)ccc1OCc1ccc(Cl)s1. The van der Waals surface area contributed by atoms with Crippen molar-refractivity contribution in [2.75, 3.05) is 0 Å². The van der Waals surface area contributed by atoms with Gasteiger partial charge in [0.25, 0.3) is 0 Å². The number of ether oxygens (including phenoxy) is 1. The molecule has 0 N–H and O–H groups in total. The van der Waals surface area contributed by atoms with Crippen molar-refractivity contribution in [2.45, 2.75) is 18.7 Å². The van der Waals surface area contributed by atoms with E-state index in [1.165, 1.54) is 23.5 Å². The standard InChI is InChI=1S/C13H9Cl2F3OS/c14-6-8-1-3-11(10(5-8)13(16,17)18)19-7-9-2-4-12(15)20-9/h1-5H,6-7H2. The van der Waals surface area contributed by atoms with Crippen LogP contribution < -0.4 is 4.74 Å². The van der Waals surface area contributed by atoms with Crippen LogP contribution in [-0.4, -0.2) is 0 Å². The zero-order valence-corrected chi connectivity index (χ0v) is 12.3. The molecule has 0 fully saturated rings. The molecule has 1 aromatic carbocycles. The largest absolute Gasteiger partial charge is 0.487 e. The van der Waals surface area contributed by atoms with Crippen LogP contribution in [0.3, 0.4) is 0 Å². The lowest BCUT2D eigenvalue weighted by Crippen LogP contribution is -2.09. The summed E-state index contributed by atoms with van der Waals surface area (Å²) < 4.78 is 44.7. The Bertz CT molecular complexity index is 596. The summed E-state index contributed by atoms with van der Waals surface area (Å²) in [4.78, 5) is 0.754. The maximum absolute atomic E-state index is 13.0. The van der Waals surface area contributed by atoms with Crippen molar-refractivity contribution in [3.63, 3.8) is 0 Å². The van der Waals surface area contributed by atoms with Gasteiger partial charge >= 0.3 is 6.18 Å². The second kappa shape index (κ2) is 6.24. The van der Waals surface area contributed by atoms with Crippen LogP contribution in [-0.2, 0) is 18.7 Å². The van der Waals surface area contributed by atoms with E-state index in [0.29, 0.717) is 9.90 Å². The second-order valence-electron chi connectivity index (χ2n) is 3.96. The van der Waals surface area contributed by atoms with Crippen LogP contribution in [0.25, 0.3) is 0 Å². The van der Waals surface area contributed by atoms with Crippen molar-refractivity contribution in [1.82, 2.24) is 0 Å². The third kappa shape index (κ3) is 3.81. The summed E-state index contributed by atoms with van der Waals surface area (Å²) in [6, 6.07) is 7.19. The van der Waals surface area contributed by atoms with Crippen LogP contribution in [0, 0.1) is 0 Å². The molecule has 0 spiro atoms. The Morgan fingerprint density at radius 3 is 2.45 bits per heavy atom. The van der Waals surface area contributed by atoms with E-state index in [0.717, 1.165) is 10.9 Å². The zero-order valence-electron chi connectivity index (χ0n) is 10.0. The molecule has 0 aliphatic rings. The van der Waals surface area contributed by atoms with Crippen molar-refractivity contribution in [1.29, 1.82) is 0 Å². The number of thiophene rings is 1. The van der Waals surface area contributed by atoms with Crippen molar-refractivity contribution in [2.24, 2.45) is 0 Å². The lowest BCUT2D eigenvalue weighted by Gasteiger charge is -2.14. The van der Waals surface area contributed by atoms with Gasteiger partial charge in [-0.05, 0) is 29.8 Å².